The van der Waals surface area contributed by atoms with E-state index >= 15 is 0 Å². The van der Waals surface area contributed by atoms with Crippen LogP contribution in [0.15, 0.2) is 22.7 Å². The summed E-state index contributed by atoms with van der Waals surface area (Å²) in [7, 11) is 0. The molecule has 0 heterocycles. The highest BCUT2D eigenvalue weighted by Gasteiger charge is 2.10. The Hall–Kier alpha value is -0.410. The van der Waals surface area contributed by atoms with Crippen molar-refractivity contribution in [1.82, 2.24) is 5.32 Å². The minimum absolute atomic E-state index is 0.203. The lowest BCUT2D eigenvalue weighted by molar-refractivity contribution is 0.389. The molecule has 0 aliphatic rings. The molecule has 1 aromatic rings. The van der Waals surface area contributed by atoms with Crippen LogP contribution < -0.4 is 5.32 Å². The standard InChI is InChI=1S/C13H19BrFN/c1-4-9(2)10(3)16-8-11-5-6-12(15)7-13(11)14/h5-7,9-10,16H,4,8H2,1-3H3. The Morgan fingerprint density at radius 2 is 2.06 bits per heavy atom. The molecule has 1 aromatic carbocycles. The van der Waals surface area contributed by atoms with Gasteiger partial charge in [-0.25, -0.2) is 4.39 Å². The Kier molecular flexibility index (Phi) is 5.42. The lowest BCUT2D eigenvalue weighted by Crippen LogP contribution is -2.31. The first-order valence-corrected chi connectivity index (χ1v) is 6.51. The fourth-order valence-electron chi connectivity index (χ4n) is 1.49. The predicted octanol–water partition coefficient (Wildman–Crippen LogP) is 4.11. The van der Waals surface area contributed by atoms with Crippen molar-refractivity contribution in [2.45, 2.75) is 39.8 Å². The van der Waals surface area contributed by atoms with Crippen molar-refractivity contribution in [3.8, 4) is 0 Å². The molecule has 0 aliphatic heterocycles. The van der Waals surface area contributed by atoms with Gasteiger partial charge >= 0.3 is 0 Å². The Morgan fingerprint density at radius 3 is 2.62 bits per heavy atom. The SMILES string of the molecule is CCC(C)C(C)NCc1ccc(F)cc1Br. The van der Waals surface area contributed by atoms with Crippen molar-refractivity contribution in [3.63, 3.8) is 0 Å². The van der Waals surface area contributed by atoms with Gasteiger partial charge in [-0.3, -0.25) is 0 Å². The Labute approximate surface area is 106 Å². The Balaban J connectivity index is 2.54. The van der Waals surface area contributed by atoms with E-state index in [1.165, 1.54) is 18.6 Å². The van der Waals surface area contributed by atoms with Gasteiger partial charge in [0.15, 0.2) is 0 Å². The van der Waals surface area contributed by atoms with Gasteiger partial charge in [-0.1, -0.05) is 42.3 Å². The molecule has 0 saturated heterocycles. The first-order valence-electron chi connectivity index (χ1n) is 5.72. The van der Waals surface area contributed by atoms with Crippen LogP contribution in [0, 0.1) is 11.7 Å². The molecule has 2 atom stereocenters. The molecule has 0 aliphatic carbocycles. The highest BCUT2D eigenvalue weighted by molar-refractivity contribution is 9.10. The zero-order valence-electron chi connectivity index (χ0n) is 10.1. The Morgan fingerprint density at radius 1 is 1.38 bits per heavy atom. The second-order valence-electron chi connectivity index (χ2n) is 4.29. The summed E-state index contributed by atoms with van der Waals surface area (Å²) in [4.78, 5) is 0. The number of hydrogen-bond donors (Lipinski definition) is 1. The van der Waals surface area contributed by atoms with Crippen molar-refractivity contribution in [1.29, 1.82) is 0 Å². The van der Waals surface area contributed by atoms with Crippen LogP contribution in [0.2, 0.25) is 0 Å². The van der Waals surface area contributed by atoms with Gasteiger partial charge in [-0.15, -0.1) is 0 Å². The molecule has 16 heavy (non-hydrogen) atoms. The van der Waals surface area contributed by atoms with E-state index in [9.17, 15) is 4.39 Å². The number of halogens is 2. The molecular weight excluding hydrogens is 269 g/mol. The Bertz CT molecular complexity index is 341. The molecule has 1 rings (SSSR count). The first kappa shape index (κ1) is 13.7. The van der Waals surface area contributed by atoms with Crippen molar-refractivity contribution in [2.75, 3.05) is 0 Å². The van der Waals surface area contributed by atoms with Gasteiger partial charge in [0.1, 0.15) is 5.82 Å². The highest BCUT2D eigenvalue weighted by atomic mass is 79.9. The maximum Gasteiger partial charge on any atom is 0.124 e. The van der Waals surface area contributed by atoms with Crippen molar-refractivity contribution >= 4 is 15.9 Å². The molecular formula is C13H19BrFN. The highest BCUT2D eigenvalue weighted by Crippen LogP contribution is 2.18. The van der Waals surface area contributed by atoms with Crippen molar-refractivity contribution in [3.05, 3.63) is 34.1 Å². The summed E-state index contributed by atoms with van der Waals surface area (Å²) >= 11 is 3.37. The van der Waals surface area contributed by atoms with E-state index < -0.39 is 0 Å². The molecule has 1 N–H and O–H groups in total. The summed E-state index contributed by atoms with van der Waals surface area (Å²) in [6, 6.07) is 5.29. The van der Waals surface area contributed by atoms with E-state index in [0.717, 1.165) is 16.6 Å². The maximum absolute atomic E-state index is 12.9. The zero-order chi connectivity index (χ0) is 12.1. The zero-order valence-corrected chi connectivity index (χ0v) is 11.6. The van der Waals surface area contributed by atoms with Gasteiger partial charge < -0.3 is 5.32 Å². The molecule has 0 aromatic heterocycles. The number of hydrogen-bond acceptors (Lipinski definition) is 1. The minimum Gasteiger partial charge on any atom is -0.310 e. The second-order valence-corrected chi connectivity index (χ2v) is 5.15. The van der Waals surface area contributed by atoms with Crippen molar-refractivity contribution < 1.29 is 4.39 Å². The van der Waals surface area contributed by atoms with Gasteiger partial charge in [-0.2, -0.15) is 0 Å². The molecule has 0 saturated carbocycles. The lowest BCUT2D eigenvalue weighted by atomic mass is 10.0. The van der Waals surface area contributed by atoms with Gasteiger partial charge in [0.2, 0.25) is 0 Å². The van der Waals surface area contributed by atoms with E-state index in [0.29, 0.717) is 12.0 Å². The number of rotatable bonds is 5. The quantitative estimate of drug-likeness (QED) is 0.859. The minimum atomic E-state index is -0.203. The van der Waals surface area contributed by atoms with Crippen LogP contribution in [-0.2, 0) is 6.54 Å². The van der Waals surface area contributed by atoms with Gasteiger partial charge in [0.05, 0.1) is 0 Å². The number of nitrogens with one attached hydrogen (secondary N) is 1. The maximum atomic E-state index is 12.9. The van der Waals surface area contributed by atoms with E-state index in [2.05, 4.69) is 42.0 Å². The number of benzene rings is 1. The average Bonchev–Trinajstić information content (AvgIpc) is 2.26. The van der Waals surface area contributed by atoms with E-state index in [4.69, 9.17) is 0 Å². The summed E-state index contributed by atoms with van der Waals surface area (Å²) in [5.74, 6) is 0.449. The third-order valence-electron chi connectivity index (χ3n) is 3.13. The van der Waals surface area contributed by atoms with Gasteiger partial charge in [0, 0.05) is 17.1 Å². The predicted molar refractivity (Wildman–Crippen MR) is 69.9 cm³/mol. The first-order chi connectivity index (χ1) is 7.54. The monoisotopic (exact) mass is 287 g/mol. The van der Waals surface area contributed by atoms with Crippen LogP contribution in [0.25, 0.3) is 0 Å². The molecule has 0 spiro atoms. The second kappa shape index (κ2) is 6.36. The molecule has 0 amide bonds. The van der Waals surface area contributed by atoms with Crippen LogP contribution in [0.1, 0.15) is 32.8 Å². The van der Waals surface area contributed by atoms with Crippen LogP contribution in [-0.4, -0.2) is 6.04 Å². The fourth-order valence-corrected chi connectivity index (χ4v) is 1.98. The summed E-state index contributed by atoms with van der Waals surface area (Å²) in [5.41, 5.74) is 1.09. The molecule has 2 unspecified atom stereocenters. The third-order valence-corrected chi connectivity index (χ3v) is 3.87. The van der Waals surface area contributed by atoms with Gasteiger partial charge in [-0.05, 0) is 30.5 Å². The van der Waals surface area contributed by atoms with Crippen LogP contribution >= 0.6 is 15.9 Å². The fraction of sp³-hybridized carbons (Fsp3) is 0.538. The molecule has 3 heteroatoms. The third kappa shape index (κ3) is 3.87. The van der Waals surface area contributed by atoms with Crippen LogP contribution in [0.3, 0.4) is 0 Å². The van der Waals surface area contributed by atoms with E-state index in [-0.39, 0.29) is 5.82 Å². The molecule has 90 valence electrons. The molecule has 1 nitrogen and oxygen atoms in total. The lowest BCUT2D eigenvalue weighted by Gasteiger charge is -2.20. The van der Waals surface area contributed by atoms with E-state index in [1.807, 2.05) is 6.07 Å². The van der Waals surface area contributed by atoms with Gasteiger partial charge in [0.25, 0.3) is 0 Å². The molecule has 0 radical (unpaired) electrons. The topological polar surface area (TPSA) is 12.0 Å². The average molecular weight is 288 g/mol. The van der Waals surface area contributed by atoms with Crippen LogP contribution in [0.4, 0.5) is 4.39 Å². The largest absolute Gasteiger partial charge is 0.310 e. The summed E-state index contributed by atoms with van der Waals surface area (Å²) < 4.78 is 13.7. The van der Waals surface area contributed by atoms with Crippen LogP contribution in [0.5, 0.6) is 0 Å². The summed E-state index contributed by atoms with van der Waals surface area (Å²) in [6.07, 6.45) is 1.17. The molecule has 0 bridgehead atoms. The molecule has 0 fully saturated rings. The van der Waals surface area contributed by atoms with Crippen molar-refractivity contribution in [2.24, 2.45) is 5.92 Å². The summed E-state index contributed by atoms with van der Waals surface area (Å²) in [5, 5.41) is 3.46. The smallest absolute Gasteiger partial charge is 0.124 e. The summed E-state index contributed by atoms with van der Waals surface area (Å²) in [6.45, 7) is 7.38. The normalized spacial score (nSPS) is 14.8. The van der Waals surface area contributed by atoms with E-state index in [1.54, 1.807) is 0 Å².